The number of hydrogen-bond acceptors (Lipinski definition) is 5. The van der Waals surface area contributed by atoms with E-state index in [0.29, 0.717) is 27.9 Å². The normalized spacial score (nSPS) is 18.8. The number of carbonyl (C=O) groups excluding carboxylic acids is 2. The minimum atomic E-state index is -4.72. The quantitative estimate of drug-likeness (QED) is 0.567. The first-order valence-corrected chi connectivity index (χ1v) is 11.7. The van der Waals surface area contributed by atoms with E-state index >= 15 is 0 Å². The SMILES string of the molecule is CN1C[C@@H](C(=O)N(C)[C@@H](c2ccc(N3CCCc4c3cnc3cc(Cl)nn43)cc2)C(F)(F)F)NC1=O. The molecule has 0 aliphatic carbocycles. The van der Waals surface area contributed by atoms with Gasteiger partial charge in [0.2, 0.25) is 5.91 Å². The number of carbonyl (C=O) groups is 2. The van der Waals surface area contributed by atoms with Crippen molar-refractivity contribution in [1.29, 1.82) is 0 Å². The number of fused-ring (bicyclic) bond motifs is 3. The molecule has 9 nitrogen and oxygen atoms in total. The number of benzene rings is 1. The lowest BCUT2D eigenvalue weighted by Crippen LogP contribution is -2.48. The molecule has 4 heterocycles. The van der Waals surface area contributed by atoms with Gasteiger partial charge in [0.1, 0.15) is 6.04 Å². The lowest BCUT2D eigenvalue weighted by Gasteiger charge is -2.33. The second kappa shape index (κ2) is 8.84. The molecule has 3 amide bonds. The Bertz CT molecular complexity index is 1330. The van der Waals surface area contributed by atoms with Crippen LogP contribution in [0.2, 0.25) is 5.15 Å². The van der Waals surface area contributed by atoms with Gasteiger partial charge in [0, 0.05) is 32.4 Å². The first kappa shape index (κ1) is 24.2. The maximum absolute atomic E-state index is 14.1. The number of hydrogen-bond donors (Lipinski definition) is 1. The zero-order valence-corrected chi connectivity index (χ0v) is 20.2. The number of urea groups is 1. The van der Waals surface area contributed by atoms with Crippen LogP contribution in [0.25, 0.3) is 5.65 Å². The third kappa shape index (κ3) is 4.19. The van der Waals surface area contributed by atoms with Gasteiger partial charge in [-0.05, 0) is 30.5 Å². The van der Waals surface area contributed by atoms with Gasteiger partial charge in [-0.2, -0.15) is 18.3 Å². The van der Waals surface area contributed by atoms with Crippen molar-refractivity contribution >= 4 is 40.6 Å². The number of nitrogens with zero attached hydrogens (tertiary/aromatic N) is 6. The van der Waals surface area contributed by atoms with E-state index in [0.717, 1.165) is 31.3 Å². The molecule has 36 heavy (non-hydrogen) atoms. The Morgan fingerprint density at radius 1 is 1.28 bits per heavy atom. The predicted octanol–water partition coefficient (Wildman–Crippen LogP) is 3.55. The topological polar surface area (TPSA) is 86.1 Å². The number of amides is 3. The van der Waals surface area contributed by atoms with Crippen LogP contribution in [0.1, 0.15) is 23.7 Å². The highest BCUT2D eigenvalue weighted by atomic mass is 35.5. The maximum atomic E-state index is 14.1. The number of nitrogens with one attached hydrogen (secondary N) is 1. The molecule has 0 saturated carbocycles. The summed E-state index contributed by atoms with van der Waals surface area (Å²) in [5, 5.41) is 7.05. The second-order valence-corrected chi connectivity index (χ2v) is 9.34. The number of anilines is 2. The Morgan fingerprint density at radius 2 is 2.00 bits per heavy atom. The van der Waals surface area contributed by atoms with Gasteiger partial charge >= 0.3 is 12.2 Å². The highest BCUT2D eigenvalue weighted by molar-refractivity contribution is 6.29. The Hall–Kier alpha value is -3.54. The molecule has 2 aliphatic rings. The van der Waals surface area contributed by atoms with Gasteiger partial charge in [-0.1, -0.05) is 23.7 Å². The number of likely N-dealkylation sites (N-methyl/N-ethyl adjacent to an activating group) is 2. The Kier molecular flexibility index (Phi) is 5.93. The van der Waals surface area contributed by atoms with Gasteiger partial charge in [-0.25, -0.2) is 14.3 Å². The van der Waals surface area contributed by atoms with Crippen LogP contribution in [0.15, 0.2) is 36.5 Å². The van der Waals surface area contributed by atoms with Crippen LogP contribution in [-0.2, 0) is 11.2 Å². The largest absolute Gasteiger partial charge is 0.413 e. The summed E-state index contributed by atoms with van der Waals surface area (Å²) in [5.41, 5.74) is 2.97. The standard InChI is InChI=1S/C23H23ClF3N7O2/c1-31-12-15(29-22(31)36)21(35)32(2)20(23(25,26)27)13-5-7-14(8-6-13)33-9-3-4-16-17(33)11-28-19-10-18(24)30-34(16)19/h5-8,10-11,15,20H,3-4,9,12H2,1-2H3,(H,29,36)/t15-,20-/m0/s1. The van der Waals surface area contributed by atoms with E-state index in [9.17, 15) is 22.8 Å². The zero-order valence-electron chi connectivity index (χ0n) is 19.5. The van der Waals surface area contributed by atoms with Gasteiger partial charge in [-0.15, -0.1) is 0 Å². The van der Waals surface area contributed by atoms with Crippen molar-refractivity contribution in [3.8, 4) is 0 Å². The average Bonchev–Trinajstić information content (AvgIpc) is 3.38. The minimum Gasteiger partial charge on any atom is -0.339 e. The Labute approximate surface area is 209 Å². The summed E-state index contributed by atoms with van der Waals surface area (Å²) < 4.78 is 44.1. The summed E-state index contributed by atoms with van der Waals surface area (Å²) >= 11 is 6.04. The fourth-order valence-corrected chi connectivity index (χ4v) is 5.01. The van der Waals surface area contributed by atoms with Crippen molar-refractivity contribution in [3.05, 3.63) is 52.9 Å². The predicted molar refractivity (Wildman–Crippen MR) is 126 cm³/mol. The fraction of sp³-hybridized carbons (Fsp3) is 0.391. The van der Waals surface area contributed by atoms with E-state index in [2.05, 4.69) is 15.4 Å². The third-order valence-corrected chi connectivity index (χ3v) is 6.77. The van der Waals surface area contributed by atoms with Crippen LogP contribution in [0.3, 0.4) is 0 Å². The molecule has 0 spiro atoms. The molecule has 2 aliphatic heterocycles. The molecular weight excluding hydrogens is 499 g/mol. The smallest absolute Gasteiger partial charge is 0.339 e. The summed E-state index contributed by atoms with van der Waals surface area (Å²) in [5.74, 6) is -0.808. The molecule has 190 valence electrons. The van der Waals surface area contributed by atoms with Gasteiger partial charge < -0.3 is 20.0 Å². The van der Waals surface area contributed by atoms with E-state index in [1.54, 1.807) is 28.9 Å². The highest BCUT2D eigenvalue weighted by Crippen LogP contribution is 2.39. The number of halogens is 4. The Morgan fingerprint density at radius 3 is 2.64 bits per heavy atom. The summed E-state index contributed by atoms with van der Waals surface area (Å²) in [6.45, 7) is 0.660. The van der Waals surface area contributed by atoms with Crippen molar-refractivity contribution in [3.63, 3.8) is 0 Å². The number of rotatable bonds is 4. The first-order chi connectivity index (χ1) is 17.0. The van der Waals surface area contributed by atoms with E-state index < -0.39 is 30.2 Å². The summed E-state index contributed by atoms with van der Waals surface area (Å²) in [6.07, 6.45) is -1.42. The van der Waals surface area contributed by atoms with Crippen LogP contribution >= 0.6 is 11.6 Å². The molecule has 1 fully saturated rings. The number of aromatic nitrogens is 3. The van der Waals surface area contributed by atoms with Crippen LogP contribution < -0.4 is 10.2 Å². The molecule has 1 saturated heterocycles. The third-order valence-electron chi connectivity index (χ3n) is 6.58. The molecule has 0 radical (unpaired) electrons. The molecule has 2 aromatic heterocycles. The van der Waals surface area contributed by atoms with E-state index in [1.807, 2.05) is 4.90 Å². The minimum absolute atomic E-state index is 0.00264. The first-order valence-electron chi connectivity index (χ1n) is 11.3. The number of alkyl halides is 3. The van der Waals surface area contributed by atoms with Gasteiger partial charge in [-0.3, -0.25) is 4.79 Å². The zero-order chi connectivity index (χ0) is 25.8. The molecule has 0 bridgehead atoms. The second-order valence-electron chi connectivity index (χ2n) is 8.95. The van der Waals surface area contributed by atoms with E-state index in [1.165, 1.54) is 24.1 Å². The molecule has 0 unspecified atom stereocenters. The molecule has 2 atom stereocenters. The van der Waals surface area contributed by atoms with Gasteiger partial charge in [0.15, 0.2) is 16.8 Å². The fourth-order valence-electron chi connectivity index (χ4n) is 4.84. The maximum Gasteiger partial charge on any atom is 0.413 e. The van der Waals surface area contributed by atoms with Crippen molar-refractivity contribution < 1.29 is 22.8 Å². The van der Waals surface area contributed by atoms with E-state index in [-0.39, 0.29) is 12.1 Å². The molecule has 13 heteroatoms. The molecule has 5 rings (SSSR count). The number of aryl methyl sites for hydroxylation is 1. The van der Waals surface area contributed by atoms with Crippen LogP contribution in [0.5, 0.6) is 0 Å². The highest BCUT2D eigenvalue weighted by Gasteiger charge is 2.47. The van der Waals surface area contributed by atoms with Crippen LogP contribution in [-0.4, -0.2) is 75.7 Å². The summed E-state index contributed by atoms with van der Waals surface area (Å²) in [6, 6.07) is 3.92. The van der Waals surface area contributed by atoms with Crippen LogP contribution in [0.4, 0.5) is 29.3 Å². The van der Waals surface area contributed by atoms with Gasteiger partial charge in [0.05, 0.1) is 24.1 Å². The summed E-state index contributed by atoms with van der Waals surface area (Å²) in [4.78, 5) is 32.8. The van der Waals surface area contributed by atoms with Crippen molar-refractivity contribution in [2.24, 2.45) is 0 Å². The monoisotopic (exact) mass is 521 g/mol. The molecule has 1 N–H and O–H groups in total. The Balaban J connectivity index is 1.43. The van der Waals surface area contributed by atoms with Crippen molar-refractivity contribution in [1.82, 2.24) is 29.7 Å². The lowest BCUT2D eigenvalue weighted by atomic mass is 10.0. The van der Waals surface area contributed by atoms with Crippen molar-refractivity contribution in [2.75, 3.05) is 32.1 Å². The van der Waals surface area contributed by atoms with Crippen molar-refractivity contribution in [2.45, 2.75) is 31.1 Å². The van der Waals surface area contributed by atoms with Gasteiger partial charge in [0.25, 0.3) is 0 Å². The molecule has 3 aromatic rings. The molecule has 1 aromatic carbocycles. The summed E-state index contributed by atoms with van der Waals surface area (Å²) in [7, 11) is 2.58. The average molecular weight is 522 g/mol. The lowest BCUT2D eigenvalue weighted by molar-refractivity contribution is -0.189. The van der Waals surface area contributed by atoms with E-state index in [4.69, 9.17) is 11.6 Å². The van der Waals surface area contributed by atoms with Crippen LogP contribution in [0, 0.1) is 0 Å². The molecular formula is C23H23ClF3N7O2.